The van der Waals surface area contributed by atoms with Crippen molar-refractivity contribution in [3.8, 4) is 11.1 Å². The maximum Gasteiger partial charge on any atom is 0.307 e. The molecule has 35 heavy (non-hydrogen) atoms. The lowest BCUT2D eigenvalue weighted by Gasteiger charge is -2.12. The summed E-state index contributed by atoms with van der Waals surface area (Å²) >= 11 is 6.28. The minimum absolute atomic E-state index is 0.0374. The lowest BCUT2D eigenvalue weighted by molar-refractivity contribution is -0.136. The van der Waals surface area contributed by atoms with Gasteiger partial charge in [0.1, 0.15) is 0 Å². The highest BCUT2D eigenvalue weighted by atomic mass is 35.5. The van der Waals surface area contributed by atoms with Crippen LogP contribution < -0.4 is 11.5 Å². The molecular weight excluding hydrogens is 458 g/mol. The molecule has 0 bridgehead atoms. The van der Waals surface area contributed by atoms with Crippen molar-refractivity contribution in [2.24, 2.45) is 0 Å². The molecule has 3 aromatic carbocycles. The summed E-state index contributed by atoms with van der Waals surface area (Å²) in [5.41, 5.74) is 20.3. The maximum atomic E-state index is 11.5. The van der Waals surface area contributed by atoms with Gasteiger partial charge in [0.05, 0.1) is 6.42 Å². The van der Waals surface area contributed by atoms with Gasteiger partial charge in [0.25, 0.3) is 0 Å². The van der Waals surface area contributed by atoms with Gasteiger partial charge in [-0.1, -0.05) is 48.0 Å². The van der Waals surface area contributed by atoms with Gasteiger partial charge in [0, 0.05) is 40.1 Å². The van der Waals surface area contributed by atoms with E-state index in [1.54, 1.807) is 6.07 Å². The molecule has 0 radical (unpaired) electrons. The molecule has 0 fully saturated rings. The van der Waals surface area contributed by atoms with Gasteiger partial charge in [-0.05, 0) is 82.6 Å². The number of nitrogens with two attached hydrogens (primary N) is 2. The molecular formula is C29H26ClN3O2. The van der Waals surface area contributed by atoms with Gasteiger partial charge in [-0.15, -0.1) is 0 Å². The number of nitrogen functional groups attached to an aromatic ring is 2. The first-order chi connectivity index (χ1) is 16.9. The Hall–Kier alpha value is -3.96. The van der Waals surface area contributed by atoms with Gasteiger partial charge in [-0.25, -0.2) is 0 Å². The fourth-order valence-electron chi connectivity index (χ4n) is 4.74. The Morgan fingerprint density at radius 1 is 0.971 bits per heavy atom. The zero-order chi connectivity index (χ0) is 24.5. The van der Waals surface area contributed by atoms with Crippen LogP contribution in [0, 0.1) is 0 Å². The van der Waals surface area contributed by atoms with Crippen LogP contribution in [0.4, 0.5) is 11.4 Å². The molecule has 0 aliphatic heterocycles. The molecule has 1 heterocycles. The molecule has 1 aliphatic rings. The highest BCUT2D eigenvalue weighted by Gasteiger charge is 2.14. The first-order valence-electron chi connectivity index (χ1n) is 11.5. The SMILES string of the molecule is Nc1cc(N)cc(-c2ccc3c(CC(=O)O)cn(Cc4cccc(C5=CCCC(Cl)=C5)c4)c3c2)c1. The van der Waals surface area contributed by atoms with Crippen molar-refractivity contribution >= 4 is 45.4 Å². The third kappa shape index (κ3) is 4.96. The zero-order valence-electron chi connectivity index (χ0n) is 19.2. The van der Waals surface area contributed by atoms with E-state index in [0.717, 1.165) is 62.2 Å². The molecule has 6 heteroatoms. The zero-order valence-corrected chi connectivity index (χ0v) is 19.9. The number of aromatic nitrogens is 1. The number of anilines is 2. The summed E-state index contributed by atoms with van der Waals surface area (Å²) in [6.45, 7) is 0.608. The minimum Gasteiger partial charge on any atom is -0.481 e. The Labute approximate surface area is 208 Å². The largest absolute Gasteiger partial charge is 0.481 e. The fraction of sp³-hybridized carbons (Fsp3) is 0.138. The molecule has 5 rings (SSSR count). The van der Waals surface area contributed by atoms with Crippen molar-refractivity contribution in [3.63, 3.8) is 0 Å². The topological polar surface area (TPSA) is 94.3 Å². The maximum absolute atomic E-state index is 11.5. The van der Waals surface area contributed by atoms with Crippen LogP contribution in [-0.4, -0.2) is 15.6 Å². The second-order valence-electron chi connectivity index (χ2n) is 8.96. The molecule has 4 aromatic rings. The van der Waals surface area contributed by atoms with Crippen LogP contribution in [0.1, 0.15) is 29.5 Å². The van der Waals surface area contributed by atoms with Crippen LogP contribution in [0.5, 0.6) is 0 Å². The molecule has 0 spiro atoms. The van der Waals surface area contributed by atoms with E-state index in [1.165, 1.54) is 0 Å². The molecule has 0 saturated heterocycles. The van der Waals surface area contributed by atoms with Crippen molar-refractivity contribution in [2.45, 2.75) is 25.8 Å². The number of hydrogen-bond acceptors (Lipinski definition) is 3. The molecule has 0 unspecified atom stereocenters. The van der Waals surface area contributed by atoms with Gasteiger partial charge in [0.15, 0.2) is 0 Å². The van der Waals surface area contributed by atoms with Crippen LogP contribution in [0.2, 0.25) is 0 Å². The van der Waals surface area contributed by atoms with E-state index in [1.807, 2.05) is 42.6 Å². The second kappa shape index (κ2) is 9.35. The van der Waals surface area contributed by atoms with E-state index in [9.17, 15) is 9.90 Å². The molecule has 1 aromatic heterocycles. The lowest BCUT2D eigenvalue weighted by Crippen LogP contribution is -2.01. The van der Waals surface area contributed by atoms with E-state index in [4.69, 9.17) is 23.1 Å². The summed E-state index contributed by atoms with van der Waals surface area (Å²) in [7, 11) is 0. The van der Waals surface area contributed by atoms with E-state index < -0.39 is 5.97 Å². The number of fused-ring (bicyclic) bond motifs is 1. The summed E-state index contributed by atoms with van der Waals surface area (Å²) in [4.78, 5) is 11.5. The van der Waals surface area contributed by atoms with Crippen molar-refractivity contribution in [2.75, 3.05) is 11.5 Å². The van der Waals surface area contributed by atoms with Crippen LogP contribution >= 0.6 is 11.6 Å². The van der Waals surface area contributed by atoms with Crippen LogP contribution in [-0.2, 0) is 17.8 Å². The number of nitrogens with zero attached hydrogens (tertiary/aromatic N) is 1. The Balaban J connectivity index is 1.57. The summed E-state index contributed by atoms with van der Waals surface area (Å²) in [5.74, 6) is -0.855. The van der Waals surface area contributed by atoms with Crippen LogP contribution in [0.25, 0.3) is 27.6 Å². The third-order valence-corrected chi connectivity index (χ3v) is 6.59. The fourth-order valence-corrected chi connectivity index (χ4v) is 4.96. The lowest BCUT2D eigenvalue weighted by atomic mass is 9.98. The smallest absolute Gasteiger partial charge is 0.307 e. The van der Waals surface area contributed by atoms with E-state index in [0.29, 0.717) is 17.9 Å². The van der Waals surface area contributed by atoms with Crippen molar-refractivity contribution in [1.29, 1.82) is 0 Å². The normalized spacial score (nSPS) is 13.5. The number of hydrogen-bond donors (Lipinski definition) is 3. The summed E-state index contributed by atoms with van der Waals surface area (Å²) in [5, 5.41) is 11.3. The number of carboxylic acid groups (broad SMARTS) is 1. The standard InChI is InChI=1S/C29H26ClN3O2/c30-24-6-2-5-20(10-24)19-4-1-3-18(9-19)16-33-17-23(14-29(34)35)27-8-7-21(13-28(27)33)22-11-25(31)15-26(32)12-22/h1,3-5,7-13,15,17H,2,6,14,16,31-32H2,(H,34,35). The van der Waals surface area contributed by atoms with Gasteiger partial charge in [-0.3, -0.25) is 4.79 Å². The Bertz CT molecular complexity index is 1490. The minimum atomic E-state index is -0.855. The molecule has 5 nitrogen and oxygen atoms in total. The first kappa shape index (κ1) is 22.8. The highest BCUT2D eigenvalue weighted by molar-refractivity contribution is 6.30. The van der Waals surface area contributed by atoms with E-state index >= 15 is 0 Å². The molecule has 176 valence electrons. The monoisotopic (exact) mass is 483 g/mol. The number of allylic oxidation sites excluding steroid dienone is 4. The average molecular weight is 484 g/mol. The van der Waals surface area contributed by atoms with Crippen LogP contribution in [0.3, 0.4) is 0 Å². The number of halogens is 1. The van der Waals surface area contributed by atoms with Crippen molar-refractivity contribution in [1.82, 2.24) is 4.57 Å². The Morgan fingerprint density at radius 3 is 2.51 bits per heavy atom. The summed E-state index contributed by atoms with van der Waals surface area (Å²) in [6, 6.07) is 19.9. The van der Waals surface area contributed by atoms with Crippen molar-refractivity contribution in [3.05, 3.63) is 101 Å². The molecule has 0 amide bonds. The number of aliphatic carboxylic acids is 1. The van der Waals surface area contributed by atoms with Crippen molar-refractivity contribution < 1.29 is 9.90 Å². The predicted molar refractivity (Wildman–Crippen MR) is 144 cm³/mol. The Morgan fingerprint density at radius 2 is 1.77 bits per heavy atom. The summed E-state index contributed by atoms with van der Waals surface area (Å²) in [6.07, 6.45) is 7.97. The van der Waals surface area contributed by atoms with Gasteiger partial charge in [0.2, 0.25) is 0 Å². The van der Waals surface area contributed by atoms with Gasteiger partial charge >= 0.3 is 5.97 Å². The Kier molecular flexibility index (Phi) is 6.10. The number of carbonyl (C=O) groups is 1. The number of rotatable bonds is 6. The molecule has 0 saturated carbocycles. The predicted octanol–water partition coefficient (Wildman–Crippen LogP) is 6.45. The average Bonchev–Trinajstić information content (AvgIpc) is 3.14. The third-order valence-electron chi connectivity index (χ3n) is 6.29. The molecule has 0 atom stereocenters. The molecule has 1 aliphatic carbocycles. The summed E-state index contributed by atoms with van der Waals surface area (Å²) < 4.78 is 2.12. The second-order valence-corrected chi connectivity index (χ2v) is 9.45. The van der Waals surface area contributed by atoms with Gasteiger partial charge < -0.3 is 21.1 Å². The first-order valence-corrected chi connectivity index (χ1v) is 11.9. The molecule has 5 N–H and O–H groups in total. The van der Waals surface area contributed by atoms with E-state index in [-0.39, 0.29) is 6.42 Å². The number of carboxylic acids is 1. The van der Waals surface area contributed by atoms with Crippen LogP contribution in [0.15, 0.2) is 84.0 Å². The number of benzene rings is 3. The van der Waals surface area contributed by atoms with Gasteiger partial charge in [-0.2, -0.15) is 0 Å². The quantitative estimate of drug-likeness (QED) is 0.275. The highest BCUT2D eigenvalue weighted by Crippen LogP contribution is 2.32. The van der Waals surface area contributed by atoms with E-state index in [2.05, 4.69) is 34.9 Å².